The molecule has 1 N–H and O–H groups in total. The van der Waals surface area contributed by atoms with Crippen molar-refractivity contribution < 1.29 is 23.9 Å². The van der Waals surface area contributed by atoms with Crippen LogP contribution in [0, 0.1) is 17.8 Å². The molecule has 4 atom stereocenters. The normalized spacial score (nSPS) is 21.7. The van der Waals surface area contributed by atoms with E-state index in [-0.39, 0.29) is 41.5 Å². The molecule has 7 nitrogen and oxygen atoms in total. The molecule has 7 heteroatoms. The number of imide groups is 1. The fraction of sp³-hybridized carbons (Fsp3) is 0.577. The molecular weight excluding hydrogens is 420 g/mol. The Kier molecular flexibility index (Phi) is 8.16. The van der Waals surface area contributed by atoms with E-state index in [2.05, 4.69) is 5.32 Å². The molecule has 3 rings (SSSR count). The van der Waals surface area contributed by atoms with Crippen LogP contribution < -0.4 is 14.8 Å². The number of amides is 3. The monoisotopic (exact) mass is 456 g/mol. The second-order valence-corrected chi connectivity index (χ2v) is 9.15. The molecule has 1 aliphatic heterocycles. The minimum absolute atomic E-state index is 0.146. The maximum Gasteiger partial charge on any atom is 0.243 e. The van der Waals surface area contributed by atoms with Gasteiger partial charge in [0.2, 0.25) is 17.7 Å². The molecule has 180 valence electrons. The summed E-state index contributed by atoms with van der Waals surface area (Å²) >= 11 is 0. The van der Waals surface area contributed by atoms with Gasteiger partial charge in [-0.05, 0) is 63.6 Å². The number of allylic oxidation sites excluding steroid dienone is 2. The number of benzene rings is 1. The molecule has 1 aromatic rings. The Balaban J connectivity index is 1.80. The van der Waals surface area contributed by atoms with Crippen LogP contribution in [0.3, 0.4) is 0 Å². The highest BCUT2D eigenvalue weighted by Gasteiger charge is 2.51. The summed E-state index contributed by atoms with van der Waals surface area (Å²) in [6, 6.07) is 4.44. The molecular formula is C26H36N2O5. The number of likely N-dealkylation sites (tertiary alicyclic amines) is 1. The second kappa shape index (κ2) is 10.9. The second-order valence-electron chi connectivity index (χ2n) is 9.15. The van der Waals surface area contributed by atoms with E-state index >= 15 is 0 Å². The minimum atomic E-state index is -0.813. The summed E-state index contributed by atoms with van der Waals surface area (Å²) in [7, 11) is 0. The highest BCUT2D eigenvalue weighted by atomic mass is 16.5. The van der Waals surface area contributed by atoms with Crippen molar-refractivity contribution in [3.8, 4) is 11.5 Å². The van der Waals surface area contributed by atoms with Gasteiger partial charge in [-0.15, -0.1) is 0 Å². The number of hydrogen-bond acceptors (Lipinski definition) is 5. The molecule has 33 heavy (non-hydrogen) atoms. The average molecular weight is 457 g/mol. The van der Waals surface area contributed by atoms with Gasteiger partial charge in [0.25, 0.3) is 0 Å². The van der Waals surface area contributed by atoms with Gasteiger partial charge in [0.15, 0.2) is 11.5 Å². The highest BCUT2D eigenvalue weighted by molar-refractivity contribution is 6.08. The fourth-order valence-electron chi connectivity index (χ4n) is 4.64. The number of hydrogen-bond donors (Lipinski definition) is 1. The first-order valence-corrected chi connectivity index (χ1v) is 12.0. The summed E-state index contributed by atoms with van der Waals surface area (Å²) in [5.74, 6) is -0.0137. The Bertz CT molecular complexity index is 884. The van der Waals surface area contributed by atoms with E-state index < -0.39 is 6.04 Å². The number of fused-ring (bicyclic) bond motifs is 1. The molecule has 1 fully saturated rings. The van der Waals surface area contributed by atoms with Crippen molar-refractivity contribution in [2.75, 3.05) is 13.2 Å². The first-order chi connectivity index (χ1) is 15.8. The van der Waals surface area contributed by atoms with Gasteiger partial charge in [0.1, 0.15) is 6.04 Å². The van der Waals surface area contributed by atoms with Gasteiger partial charge in [0, 0.05) is 0 Å². The lowest BCUT2D eigenvalue weighted by atomic mass is 9.85. The zero-order valence-electron chi connectivity index (χ0n) is 20.3. The van der Waals surface area contributed by atoms with Gasteiger partial charge in [-0.2, -0.15) is 0 Å². The van der Waals surface area contributed by atoms with Crippen LogP contribution >= 0.6 is 0 Å². The minimum Gasteiger partial charge on any atom is -0.490 e. The number of carbonyl (C=O) groups is 3. The first kappa shape index (κ1) is 24.8. The van der Waals surface area contributed by atoms with E-state index in [4.69, 9.17) is 9.47 Å². The van der Waals surface area contributed by atoms with Crippen LogP contribution in [-0.4, -0.2) is 41.9 Å². The summed E-state index contributed by atoms with van der Waals surface area (Å²) in [5.41, 5.74) is 0.857. The number of rotatable bonds is 10. The molecule has 0 radical (unpaired) electrons. The molecule has 4 unspecified atom stereocenters. The smallest absolute Gasteiger partial charge is 0.243 e. The molecule has 1 heterocycles. The number of nitrogens with one attached hydrogen (secondary N) is 1. The summed E-state index contributed by atoms with van der Waals surface area (Å²) in [6.07, 6.45) is 5.46. The summed E-state index contributed by atoms with van der Waals surface area (Å²) in [5, 5.41) is 3.02. The Labute approximate surface area is 196 Å². The van der Waals surface area contributed by atoms with Crippen molar-refractivity contribution >= 4 is 17.7 Å². The third-order valence-corrected chi connectivity index (χ3v) is 6.28. The van der Waals surface area contributed by atoms with E-state index in [1.807, 2.05) is 65.0 Å². The van der Waals surface area contributed by atoms with Gasteiger partial charge in [-0.1, -0.05) is 32.1 Å². The Morgan fingerprint density at radius 1 is 1.00 bits per heavy atom. The van der Waals surface area contributed by atoms with Crippen molar-refractivity contribution in [2.45, 2.75) is 66.0 Å². The molecule has 2 aliphatic rings. The van der Waals surface area contributed by atoms with Crippen molar-refractivity contribution in [1.29, 1.82) is 0 Å². The number of carbonyl (C=O) groups excluding carboxylic acids is 3. The summed E-state index contributed by atoms with van der Waals surface area (Å²) in [6.45, 7) is 10.7. The zero-order valence-corrected chi connectivity index (χ0v) is 20.3. The lowest BCUT2D eigenvalue weighted by Gasteiger charge is -2.29. The molecule has 0 bridgehead atoms. The van der Waals surface area contributed by atoms with Crippen LogP contribution in [0.5, 0.6) is 11.5 Å². The van der Waals surface area contributed by atoms with E-state index in [0.29, 0.717) is 44.0 Å². The third kappa shape index (κ3) is 5.40. The van der Waals surface area contributed by atoms with Gasteiger partial charge in [-0.25, -0.2) is 0 Å². The highest BCUT2D eigenvalue weighted by Crippen LogP contribution is 2.37. The van der Waals surface area contributed by atoms with E-state index in [0.717, 1.165) is 5.56 Å². The lowest BCUT2D eigenvalue weighted by molar-refractivity contribution is -0.148. The van der Waals surface area contributed by atoms with Gasteiger partial charge in [-0.3, -0.25) is 19.3 Å². The average Bonchev–Trinajstić information content (AvgIpc) is 3.03. The molecule has 1 aromatic carbocycles. The zero-order chi connectivity index (χ0) is 24.1. The molecule has 1 saturated heterocycles. The van der Waals surface area contributed by atoms with E-state index in [1.54, 1.807) is 0 Å². The van der Waals surface area contributed by atoms with Gasteiger partial charge in [0.05, 0.1) is 31.1 Å². The quantitative estimate of drug-likeness (QED) is 0.424. The maximum atomic E-state index is 13.4. The maximum absolute atomic E-state index is 13.4. The topological polar surface area (TPSA) is 84.9 Å². The Hall–Kier alpha value is -2.83. The van der Waals surface area contributed by atoms with Crippen molar-refractivity contribution in [2.24, 2.45) is 17.8 Å². The predicted molar refractivity (Wildman–Crippen MR) is 126 cm³/mol. The number of ether oxygens (including phenoxy) is 2. The van der Waals surface area contributed by atoms with E-state index in [9.17, 15) is 14.4 Å². The van der Waals surface area contributed by atoms with Crippen molar-refractivity contribution in [1.82, 2.24) is 10.2 Å². The van der Waals surface area contributed by atoms with Crippen LogP contribution in [0.15, 0.2) is 30.4 Å². The van der Waals surface area contributed by atoms with Crippen LogP contribution in [0.2, 0.25) is 0 Å². The van der Waals surface area contributed by atoms with Gasteiger partial charge >= 0.3 is 0 Å². The van der Waals surface area contributed by atoms with Crippen molar-refractivity contribution in [3.05, 3.63) is 35.9 Å². The first-order valence-electron chi connectivity index (χ1n) is 12.0. The Morgan fingerprint density at radius 2 is 1.58 bits per heavy atom. The SMILES string of the molecule is CCOc1ccc(C(C)NC(=O)C(CC(C)C)N2C(=O)C3CC=CCC3C2=O)cc1OCC. The largest absolute Gasteiger partial charge is 0.490 e. The molecule has 0 saturated carbocycles. The summed E-state index contributed by atoms with van der Waals surface area (Å²) < 4.78 is 11.3. The molecule has 0 aromatic heterocycles. The molecule has 3 amide bonds. The van der Waals surface area contributed by atoms with Crippen LogP contribution in [0.1, 0.15) is 65.5 Å². The standard InChI is InChI=1S/C26H36N2O5/c1-6-32-22-13-12-18(15-23(22)33-7-2)17(5)27-24(29)21(14-16(3)4)28-25(30)19-10-8-9-11-20(19)26(28)31/h8-9,12-13,15-17,19-21H,6-7,10-11,14H2,1-5H3,(H,27,29). The number of nitrogens with zero attached hydrogens (tertiary/aromatic N) is 1. The fourth-order valence-corrected chi connectivity index (χ4v) is 4.64. The van der Waals surface area contributed by atoms with Crippen molar-refractivity contribution in [3.63, 3.8) is 0 Å². The molecule has 0 spiro atoms. The molecule has 1 aliphatic carbocycles. The van der Waals surface area contributed by atoms with Crippen LogP contribution in [0.25, 0.3) is 0 Å². The lowest BCUT2D eigenvalue weighted by Crippen LogP contribution is -2.51. The summed E-state index contributed by atoms with van der Waals surface area (Å²) in [4.78, 5) is 40.9. The van der Waals surface area contributed by atoms with Crippen LogP contribution in [0.4, 0.5) is 0 Å². The Morgan fingerprint density at radius 3 is 2.12 bits per heavy atom. The third-order valence-electron chi connectivity index (χ3n) is 6.28. The van der Waals surface area contributed by atoms with Gasteiger partial charge < -0.3 is 14.8 Å². The van der Waals surface area contributed by atoms with Crippen LogP contribution in [-0.2, 0) is 14.4 Å². The van der Waals surface area contributed by atoms with E-state index in [1.165, 1.54) is 4.90 Å². The predicted octanol–water partition coefficient (Wildman–Crippen LogP) is 4.03.